The van der Waals surface area contributed by atoms with Crippen molar-refractivity contribution in [2.45, 2.75) is 0 Å². The highest BCUT2D eigenvalue weighted by molar-refractivity contribution is 5.73. The highest BCUT2D eigenvalue weighted by Crippen LogP contribution is 2.17. The molecule has 94 valence electrons. The van der Waals surface area contributed by atoms with E-state index in [4.69, 9.17) is 0 Å². The van der Waals surface area contributed by atoms with Gasteiger partial charge < -0.3 is 0 Å². The lowest BCUT2D eigenvalue weighted by Crippen LogP contribution is -2.25. The number of nitrogens with zero attached hydrogens (tertiary/aromatic N) is 4. The standard InChI is InChI=1S/C13H11N4O2/c1-15-9-16(12-5-3-2-4-11(12)15)13-7-6-10(8-14-13)17(18)19/h2-9H,1H3/q+1. The molecule has 0 N–H and O–H groups in total. The molecule has 0 fully saturated rings. The van der Waals surface area contributed by atoms with Crippen LogP contribution in [0.3, 0.4) is 0 Å². The van der Waals surface area contributed by atoms with Gasteiger partial charge in [-0.05, 0) is 12.1 Å². The van der Waals surface area contributed by atoms with E-state index in [1.54, 1.807) is 6.07 Å². The SMILES string of the molecule is C[n+]1cn(-c2ccc([N+](=O)[O-])cn2)c2ccccc21. The summed E-state index contributed by atoms with van der Waals surface area (Å²) in [6, 6.07) is 11.0. The van der Waals surface area contributed by atoms with Gasteiger partial charge in [-0.1, -0.05) is 12.1 Å². The lowest BCUT2D eigenvalue weighted by Gasteiger charge is -1.95. The topological polar surface area (TPSA) is 64.8 Å². The van der Waals surface area contributed by atoms with E-state index in [9.17, 15) is 10.1 Å². The number of para-hydroxylation sites is 2. The van der Waals surface area contributed by atoms with Gasteiger partial charge >= 0.3 is 0 Å². The van der Waals surface area contributed by atoms with Gasteiger partial charge in [-0.15, -0.1) is 0 Å². The average Bonchev–Trinajstić information content (AvgIpc) is 2.77. The van der Waals surface area contributed by atoms with Crippen molar-refractivity contribution in [1.82, 2.24) is 9.55 Å². The van der Waals surface area contributed by atoms with Crippen molar-refractivity contribution >= 4 is 16.7 Å². The summed E-state index contributed by atoms with van der Waals surface area (Å²) in [5.41, 5.74) is 2.07. The Balaban J connectivity index is 2.16. The summed E-state index contributed by atoms with van der Waals surface area (Å²) >= 11 is 0. The lowest BCUT2D eigenvalue weighted by atomic mass is 10.3. The minimum Gasteiger partial charge on any atom is -0.258 e. The molecule has 1 aromatic carbocycles. The molecule has 0 aliphatic rings. The van der Waals surface area contributed by atoms with Crippen molar-refractivity contribution in [3.63, 3.8) is 0 Å². The molecular weight excluding hydrogens is 244 g/mol. The third-order valence-electron chi connectivity index (χ3n) is 3.00. The van der Waals surface area contributed by atoms with Gasteiger partial charge in [0.05, 0.1) is 12.0 Å². The zero-order chi connectivity index (χ0) is 13.4. The Hall–Kier alpha value is -2.76. The summed E-state index contributed by atoms with van der Waals surface area (Å²) in [7, 11) is 1.95. The maximum atomic E-state index is 10.6. The van der Waals surface area contributed by atoms with Crippen LogP contribution < -0.4 is 4.57 Å². The Kier molecular flexibility index (Phi) is 2.49. The van der Waals surface area contributed by atoms with Crippen LogP contribution in [0.4, 0.5) is 5.69 Å². The first-order valence-electron chi connectivity index (χ1n) is 5.73. The number of hydrogen-bond donors (Lipinski definition) is 0. The summed E-state index contributed by atoms with van der Waals surface area (Å²) in [6.07, 6.45) is 3.17. The Bertz CT molecular complexity index is 762. The zero-order valence-electron chi connectivity index (χ0n) is 10.2. The van der Waals surface area contributed by atoms with Gasteiger partial charge in [0.25, 0.3) is 12.0 Å². The minimum absolute atomic E-state index is 0.00964. The first-order valence-corrected chi connectivity index (χ1v) is 5.73. The van der Waals surface area contributed by atoms with Crippen LogP contribution in [0.15, 0.2) is 48.9 Å². The molecule has 0 atom stereocenters. The molecule has 0 bridgehead atoms. The van der Waals surface area contributed by atoms with Crippen LogP contribution in [-0.4, -0.2) is 14.5 Å². The van der Waals surface area contributed by atoms with Gasteiger partial charge in [0.1, 0.15) is 6.20 Å². The second-order valence-electron chi connectivity index (χ2n) is 4.22. The van der Waals surface area contributed by atoms with Crippen LogP contribution >= 0.6 is 0 Å². The molecule has 3 rings (SSSR count). The maximum Gasteiger partial charge on any atom is 0.287 e. The minimum atomic E-state index is -0.454. The summed E-state index contributed by atoms with van der Waals surface area (Å²) < 4.78 is 3.89. The molecular formula is C13H11N4O2+. The molecule has 0 aliphatic carbocycles. The summed E-state index contributed by atoms with van der Waals surface area (Å²) in [6.45, 7) is 0. The van der Waals surface area contributed by atoms with Gasteiger partial charge in [-0.3, -0.25) is 10.1 Å². The number of hydrogen-bond acceptors (Lipinski definition) is 3. The van der Waals surface area contributed by atoms with Crippen LogP contribution in [0.5, 0.6) is 0 Å². The van der Waals surface area contributed by atoms with Crippen molar-refractivity contribution in [3.8, 4) is 5.82 Å². The summed E-state index contributed by atoms with van der Waals surface area (Å²) in [4.78, 5) is 14.3. The normalized spacial score (nSPS) is 10.8. The summed E-state index contributed by atoms with van der Waals surface area (Å²) in [5.74, 6) is 0.655. The molecule has 0 radical (unpaired) electrons. The molecule has 0 amide bonds. The van der Waals surface area contributed by atoms with Gasteiger partial charge in [0.2, 0.25) is 5.82 Å². The van der Waals surface area contributed by atoms with E-state index in [0.29, 0.717) is 5.82 Å². The van der Waals surface area contributed by atoms with Crippen LogP contribution in [0, 0.1) is 10.1 Å². The van der Waals surface area contributed by atoms with E-state index in [1.165, 1.54) is 12.3 Å². The first kappa shape index (κ1) is 11.3. The molecule has 19 heavy (non-hydrogen) atoms. The van der Waals surface area contributed by atoms with E-state index < -0.39 is 4.92 Å². The Morgan fingerprint density at radius 3 is 2.74 bits per heavy atom. The van der Waals surface area contributed by atoms with Crippen molar-refractivity contribution in [3.05, 3.63) is 59.0 Å². The number of benzene rings is 1. The van der Waals surface area contributed by atoms with Crippen molar-refractivity contribution in [2.24, 2.45) is 7.05 Å². The second kappa shape index (κ2) is 4.16. The van der Waals surface area contributed by atoms with E-state index in [1.807, 2.05) is 46.8 Å². The zero-order valence-corrected chi connectivity index (χ0v) is 10.2. The first-order chi connectivity index (χ1) is 9.16. The Morgan fingerprint density at radius 1 is 1.26 bits per heavy atom. The smallest absolute Gasteiger partial charge is 0.258 e. The monoisotopic (exact) mass is 255 g/mol. The number of aryl methyl sites for hydroxylation is 1. The number of aromatic nitrogens is 3. The number of fused-ring (bicyclic) bond motifs is 1. The fourth-order valence-corrected chi connectivity index (χ4v) is 2.08. The number of nitro groups is 1. The third kappa shape index (κ3) is 1.83. The third-order valence-corrected chi connectivity index (χ3v) is 3.00. The molecule has 2 heterocycles. The fraction of sp³-hybridized carbons (Fsp3) is 0.0769. The number of pyridine rings is 1. The van der Waals surface area contributed by atoms with Crippen LogP contribution in [0.2, 0.25) is 0 Å². The van der Waals surface area contributed by atoms with E-state index >= 15 is 0 Å². The molecule has 0 spiro atoms. The molecule has 0 unspecified atom stereocenters. The average molecular weight is 255 g/mol. The van der Waals surface area contributed by atoms with E-state index in [2.05, 4.69) is 4.98 Å². The van der Waals surface area contributed by atoms with Crippen molar-refractivity contribution in [2.75, 3.05) is 0 Å². The highest BCUT2D eigenvalue weighted by Gasteiger charge is 2.16. The van der Waals surface area contributed by atoms with Gasteiger partial charge in [-0.2, -0.15) is 4.57 Å². The molecule has 0 saturated heterocycles. The number of imidazole rings is 1. The van der Waals surface area contributed by atoms with Crippen molar-refractivity contribution in [1.29, 1.82) is 0 Å². The lowest BCUT2D eigenvalue weighted by molar-refractivity contribution is -0.645. The molecule has 6 nitrogen and oxygen atoms in total. The molecule has 0 aliphatic heterocycles. The van der Waals surface area contributed by atoms with Crippen LogP contribution in [-0.2, 0) is 7.05 Å². The van der Waals surface area contributed by atoms with Gasteiger partial charge in [-0.25, -0.2) is 9.55 Å². The second-order valence-corrected chi connectivity index (χ2v) is 4.22. The highest BCUT2D eigenvalue weighted by atomic mass is 16.6. The van der Waals surface area contributed by atoms with E-state index in [0.717, 1.165) is 11.0 Å². The molecule has 0 saturated carbocycles. The Labute approximate surface area is 108 Å². The van der Waals surface area contributed by atoms with Gasteiger partial charge in [0, 0.05) is 12.1 Å². The van der Waals surface area contributed by atoms with Crippen molar-refractivity contribution < 1.29 is 9.49 Å². The van der Waals surface area contributed by atoms with Crippen LogP contribution in [0.1, 0.15) is 0 Å². The maximum absolute atomic E-state index is 10.6. The quantitative estimate of drug-likeness (QED) is 0.398. The van der Waals surface area contributed by atoms with Gasteiger partial charge in [0.15, 0.2) is 11.0 Å². The predicted octanol–water partition coefficient (Wildman–Crippen LogP) is 1.76. The van der Waals surface area contributed by atoms with E-state index in [-0.39, 0.29) is 5.69 Å². The number of rotatable bonds is 2. The molecule has 6 heteroatoms. The fourth-order valence-electron chi connectivity index (χ4n) is 2.08. The Morgan fingerprint density at radius 2 is 2.05 bits per heavy atom. The predicted molar refractivity (Wildman–Crippen MR) is 68.9 cm³/mol. The summed E-state index contributed by atoms with van der Waals surface area (Å²) in [5, 5.41) is 10.6. The molecule has 3 aromatic rings. The largest absolute Gasteiger partial charge is 0.287 e. The molecule has 2 aromatic heterocycles. The van der Waals surface area contributed by atoms with Crippen LogP contribution in [0.25, 0.3) is 16.9 Å².